The Kier molecular flexibility index (Phi) is 48.6. The number of rotatable bonds is 48. The first kappa shape index (κ1) is 60.6. The van der Waals surface area contributed by atoms with Crippen LogP contribution >= 0.6 is 0 Å². The molecular formula is C57H103NO5. The maximum absolute atomic E-state index is 13.2. The highest BCUT2D eigenvalue weighted by Gasteiger charge is 2.24. The molecule has 6 heteroatoms. The van der Waals surface area contributed by atoms with Crippen LogP contribution in [0.5, 0.6) is 0 Å². The monoisotopic (exact) mass is 882 g/mol. The van der Waals surface area contributed by atoms with Gasteiger partial charge in [0, 0.05) is 6.42 Å². The van der Waals surface area contributed by atoms with Crippen molar-refractivity contribution in [3.63, 3.8) is 0 Å². The molecule has 0 saturated carbocycles. The summed E-state index contributed by atoms with van der Waals surface area (Å²) in [5.41, 5.74) is 0. The van der Waals surface area contributed by atoms with Crippen molar-refractivity contribution in [3.05, 3.63) is 60.8 Å². The van der Waals surface area contributed by atoms with Crippen LogP contribution in [0.2, 0.25) is 0 Å². The van der Waals surface area contributed by atoms with Gasteiger partial charge in [-0.1, -0.05) is 255 Å². The van der Waals surface area contributed by atoms with Crippen molar-refractivity contribution in [2.75, 3.05) is 6.61 Å². The molecule has 366 valence electrons. The van der Waals surface area contributed by atoms with E-state index >= 15 is 0 Å². The summed E-state index contributed by atoms with van der Waals surface area (Å²) in [4.78, 5) is 26.2. The molecule has 0 bridgehead atoms. The van der Waals surface area contributed by atoms with Gasteiger partial charge in [-0.3, -0.25) is 9.59 Å². The fraction of sp³-hybridized carbons (Fsp3) is 0.789. The summed E-state index contributed by atoms with van der Waals surface area (Å²) >= 11 is 0. The van der Waals surface area contributed by atoms with Crippen LogP contribution in [0.1, 0.15) is 265 Å². The zero-order valence-electron chi connectivity index (χ0n) is 41.7. The molecule has 0 rings (SSSR count). The molecule has 0 aliphatic rings. The van der Waals surface area contributed by atoms with E-state index in [-0.39, 0.29) is 31.3 Å². The summed E-state index contributed by atoms with van der Waals surface area (Å²) in [6, 6.07) is -0.715. The lowest BCUT2D eigenvalue weighted by Crippen LogP contribution is -2.46. The van der Waals surface area contributed by atoms with Crippen molar-refractivity contribution < 1.29 is 24.5 Å². The number of aliphatic hydroxyl groups excluding tert-OH is 2. The maximum Gasteiger partial charge on any atom is 0.306 e. The predicted octanol–water partition coefficient (Wildman–Crippen LogP) is 16.4. The van der Waals surface area contributed by atoms with Crippen LogP contribution in [0.15, 0.2) is 60.8 Å². The van der Waals surface area contributed by atoms with Gasteiger partial charge in [0.2, 0.25) is 5.91 Å². The third kappa shape index (κ3) is 45.9. The second-order valence-corrected chi connectivity index (χ2v) is 18.3. The summed E-state index contributed by atoms with van der Waals surface area (Å²) in [6.07, 6.45) is 62.9. The number of allylic oxidation sites excluding steroid dienone is 10. The van der Waals surface area contributed by atoms with Crippen molar-refractivity contribution in [3.8, 4) is 0 Å². The van der Waals surface area contributed by atoms with E-state index in [0.29, 0.717) is 19.3 Å². The van der Waals surface area contributed by atoms with Crippen molar-refractivity contribution in [1.29, 1.82) is 0 Å². The highest BCUT2D eigenvalue weighted by Crippen LogP contribution is 2.18. The smallest absolute Gasteiger partial charge is 0.306 e. The third-order valence-corrected chi connectivity index (χ3v) is 12.1. The second-order valence-electron chi connectivity index (χ2n) is 18.3. The fourth-order valence-electron chi connectivity index (χ4n) is 8.07. The third-order valence-electron chi connectivity index (χ3n) is 12.1. The van der Waals surface area contributed by atoms with Crippen LogP contribution in [0.4, 0.5) is 0 Å². The molecular weight excluding hydrogens is 779 g/mol. The number of unbranched alkanes of at least 4 members (excludes halogenated alkanes) is 26. The summed E-state index contributed by atoms with van der Waals surface area (Å²) < 4.78 is 5.91. The van der Waals surface area contributed by atoms with Crippen LogP contribution in [0.25, 0.3) is 0 Å². The van der Waals surface area contributed by atoms with E-state index in [4.69, 9.17) is 4.74 Å². The number of hydrogen-bond donors (Lipinski definition) is 3. The standard InChI is InChI=1S/C57H103NO5/c1-4-7-10-13-16-19-22-24-26-28-29-31-34-36-39-42-45-48-53(63-57(62)50-47-44-41-38-35-32-30-27-25-23-20-17-14-11-8-5-2)51-56(61)58-54(52-59)55(60)49-46-43-40-37-33-21-18-15-12-9-6-3/h8,11,17,20,25,27,32,35,41,44,53-55,59-60H,4-7,9-10,12-16,18-19,21-24,26,28-31,33-34,36-40,42-43,45-52H2,1-3H3,(H,58,61)/b11-8+,20-17+,27-25+,35-32+,44-41+. The molecule has 0 aliphatic carbocycles. The molecule has 0 spiro atoms. The Morgan fingerprint density at radius 1 is 0.476 bits per heavy atom. The summed E-state index contributed by atoms with van der Waals surface area (Å²) in [5, 5.41) is 23.8. The Morgan fingerprint density at radius 3 is 1.21 bits per heavy atom. The van der Waals surface area contributed by atoms with Crippen LogP contribution < -0.4 is 5.32 Å². The minimum Gasteiger partial charge on any atom is -0.462 e. The van der Waals surface area contributed by atoms with E-state index in [1.54, 1.807) is 0 Å². The summed E-state index contributed by atoms with van der Waals surface area (Å²) in [7, 11) is 0. The van der Waals surface area contributed by atoms with E-state index in [0.717, 1.165) is 70.6 Å². The van der Waals surface area contributed by atoms with Crippen LogP contribution in [0.3, 0.4) is 0 Å². The molecule has 0 radical (unpaired) electrons. The van der Waals surface area contributed by atoms with Gasteiger partial charge in [-0.05, 0) is 57.8 Å². The summed E-state index contributed by atoms with van der Waals surface area (Å²) in [5.74, 6) is -0.564. The van der Waals surface area contributed by atoms with Gasteiger partial charge < -0.3 is 20.3 Å². The SMILES string of the molecule is CC/C=C/C/C=C/C/C=C/C/C=C/C/C=C/CCC(=O)OC(CCCCCCCCCCCCCCCCCCC)CC(=O)NC(CO)C(O)CCCCCCCCCCCCC. The van der Waals surface area contributed by atoms with Crippen LogP contribution in [-0.2, 0) is 14.3 Å². The second kappa shape index (κ2) is 50.6. The number of ether oxygens (including phenoxy) is 1. The van der Waals surface area contributed by atoms with Crippen molar-refractivity contribution in [2.24, 2.45) is 0 Å². The minimum atomic E-state index is -0.799. The van der Waals surface area contributed by atoms with Gasteiger partial charge in [0.05, 0.1) is 25.2 Å². The molecule has 0 heterocycles. The molecule has 1 amide bonds. The highest BCUT2D eigenvalue weighted by atomic mass is 16.5. The largest absolute Gasteiger partial charge is 0.462 e. The maximum atomic E-state index is 13.2. The molecule has 0 aromatic carbocycles. The van der Waals surface area contributed by atoms with Gasteiger partial charge in [-0.15, -0.1) is 0 Å². The number of carbonyl (C=O) groups is 2. The Bertz CT molecular complexity index is 1130. The molecule has 0 saturated heterocycles. The highest BCUT2D eigenvalue weighted by molar-refractivity contribution is 5.77. The van der Waals surface area contributed by atoms with Crippen molar-refractivity contribution >= 4 is 11.9 Å². The first-order valence-corrected chi connectivity index (χ1v) is 27.0. The number of nitrogens with one attached hydrogen (secondary N) is 1. The molecule has 63 heavy (non-hydrogen) atoms. The van der Waals surface area contributed by atoms with Crippen molar-refractivity contribution in [1.82, 2.24) is 5.32 Å². The zero-order chi connectivity index (χ0) is 45.9. The normalized spacial score (nSPS) is 13.7. The van der Waals surface area contributed by atoms with E-state index in [1.165, 1.54) is 141 Å². The average molecular weight is 882 g/mol. The zero-order valence-corrected chi connectivity index (χ0v) is 41.7. The van der Waals surface area contributed by atoms with Gasteiger partial charge in [0.15, 0.2) is 0 Å². The van der Waals surface area contributed by atoms with E-state index in [9.17, 15) is 19.8 Å². The minimum absolute atomic E-state index is 0.0495. The van der Waals surface area contributed by atoms with Gasteiger partial charge in [0.25, 0.3) is 0 Å². The number of carbonyl (C=O) groups excluding carboxylic acids is 2. The number of esters is 1. The Balaban J connectivity index is 4.66. The molecule has 3 atom stereocenters. The molecule has 3 N–H and O–H groups in total. The lowest BCUT2D eigenvalue weighted by Gasteiger charge is -2.24. The van der Waals surface area contributed by atoms with Crippen LogP contribution in [0, 0.1) is 0 Å². The Morgan fingerprint density at radius 2 is 0.825 bits per heavy atom. The predicted molar refractivity (Wildman–Crippen MR) is 273 cm³/mol. The van der Waals surface area contributed by atoms with E-state index < -0.39 is 18.2 Å². The van der Waals surface area contributed by atoms with Gasteiger partial charge in [0.1, 0.15) is 6.10 Å². The molecule has 0 aliphatic heterocycles. The van der Waals surface area contributed by atoms with E-state index in [2.05, 4.69) is 80.8 Å². The number of amides is 1. The Labute approximate surface area is 390 Å². The lowest BCUT2D eigenvalue weighted by molar-refractivity contribution is -0.150. The van der Waals surface area contributed by atoms with Crippen molar-refractivity contribution in [2.45, 2.75) is 283 Å². The number of hydrogen-bond acceptors (Lipinski definition) is 5. The topological polar surface area (TPSA) is 95.9 Å². The molecule has 0 aromatic rings. The quantitative estimate of drug-likeness (QED) is 0.0321. The van der Waals surface area contributed by atoms with E-state index in [1.807, 2.05) is 6.08 Å². The summed E-state index contributed by atoms with van der Waals surface area (Å²) in [6.45, 7) is 6.36. The first-order chi connectivity index (χ1) is 31.0. The molecule has 6 nitrogen and oxygen atoms in total. The first-order valence-electron chi connectivity index (χ1n) is 27.0. The Hall–Kier alpha value is -2.44. The average Bonchev–Trinajstić information content (AvgIpc) is 3.28. The molecule has 0 aromatic heterocycles. The molecule has 0 fully saturated rings. The van der Waals surface area contributed by atoms with Gasteiger partial charge >= 0.3 is 5.97 Å². The fourth-order valence-corrected chi connectivity index (χ4v) is 8.07. The molecule has 3 unspecified atom stereocenters. The van der Waals surface area contributed by atoms with Gasteiger partial charge in [-0.25, -0.2) is 0 Å². The van der Waals surface area contributed by atoms with Gasteiger partial charge in [-0.2, -0.15) is 0 Å². The number of aliphatic hydroxyl groups is 2. The lowest BCUT2D eigenvalue weighted by atomic mass is 10.0. The van der Waals surface area contributed by atoms with Crippen LogP contribution in [-0.4, -0.2) is 46.9 Å².